The van der Waals surface area contributed by atoms with E-state index in [1.165, 1.54) is 18.4 Å². The molecular formula is C16H25N3O3S. The summed E-state index contributed by atoms with van der Waals surface area (Å²) in [6.45, 7) is 3.67. The highest BCUT2D eigenvalue weighted by atomic mass is 32.2. The van der Waals surface area contributed by atoms with Crippen LogP contribution in [0.2, 0.25) is 0 Å². The molecule has 1 aliphatic heterocycles. The van der Waals surface area contributed by atoms with Crippen LogP contribution in [0.1, 0.15) is 31.4 Å². The van der Waals surface area contributed by atoms with Crippen LogP contribution >= 0.6 is 0 Å². The molecule has 7 heteroatoms. The van der Waals surface area contributed by atoms with Crippen molar-refractivity contribution >= 4 is 15.9 Å². The Morgan fingerprint density at radius 1 is 1.22 bits per heavy atom. The lowest BCUT2D eigenvalue weighted by Gasteiger charge is -2.24. The zero-order valence-electron chi connectivity index (χ0n) is 13.9. The summed E-state index contributed by atoms with van der Waals surface area (Å²) in [6.07, 6.45) is 1.72. The quantitative estimate of drug-likeness (QED) is 0.842. The third-order valence-corrected chi connectivity index (χ3v) is 6.06. The third kappa shape index (κ3) is 4.31. The highest BCUT2D eigenvalue weighted by Crippen LogP contribution is 2.19. The van der Waals surface area contributed by atoms with Gasteiger partial charge in [-0.15, -0.1) is 0 Å². The van der Waals surface area contributed by atoms with E-state index in [4.69, 9.17) is 0 Å². The molecule has 1 fully saturated rings. The Hall–Kier alpha value is -1.44. The molecule has 1 heterocycles. The van der Waals surface area contributed by atoms with Crippen molar-refractivity contribution in [3.63, 3.8) is 0 Å². The van der Waals surface area contributed by atoms with Crippen molar-refractivity contribution in [1.29, 1.82) is 0 Å². The van der Waals surface area contributed by atoms with Gasteiger partial charge in [-0.05, 0) is 50.6 Å². The maximum Gasteiger partial charge on any atom is 0.242 e. The molecule has 0 radical (unpaired) electrons. The van der Waals surface area contributed by atoms with Gasteiger partial charge in [0.15, 0.2) is 0 Å². The van der Waals surface area contributed by atoms with Crippen LogP contribution in [0.5, 0.6) is 0 Å². The first-order valence-electron chi connectivity index (χ1n) is 7.86. The van der Waals surface area contributed by atoms with Crippen LogP contribution in [0, 0.1) is 5.92 Å². The Balaban J connectivity index is 2.02. The molecule has 1 aromatic rings. The van der Waals surface area contributed by atoms with Crippen molar-refractivity contribution < 1.29 is 13.2 Å². The summed E-state index contributed by atoms with van der Waals surface area (Å²) in [5.41, 5.74) is 0.894. The van der Waals surface area contributed by atoms with Crippen LogP contribution in [-0.4, -0.2) is 45.8 Å². The van der Waals surface area contributed by atoms with Gasteiger partial charge in [0.2, 0.25) is 15.9 Å². The molecule has 0 bridgehead atoms. The maximum absolute atomic E-state index is 12.3. The minimum absolute atomic E-state index is 0.0621. The van der Waals surface area contributed by atoms with E-state index in [1.54, 1.807) is 24.3 Å². The lowest BCUT2D eigenvalue weighted by Crippen LogP contribution is -2.39. The van der Waals surface area contributed by atoms with E-state index in [1.807, 2.05) is 6.92 Å². The maximum atomic E-state index is 12.3. The van der Waals surface area contributed by atoms with E-state index < -0.39 is 10.0 Å². The molecular weight excluding hydrogens is 314 g/mol. The number of nitrogens with one attached hydrogen (secondary N) is 2. The first-order chi connectivity index (χ1) is 10.8. The first-order valence-corrected chi connectivity index (χ1v) is 9.30. The minimum Gasteiger partial charge on any atom is -0.349 e. The largest absolute Gasteiger partial charge is 0.349 e. The van der Waals surface area contributed by atoms with E-state index in [0.29, 0.717) is 0 Å². The molecule has 1 saturated heterocycles. The topological polar surface area (TPSA) is 78.5 Å². The zero-order valence-corrected chi connectivity index (χ0v) is 14.7. The molecule has 23 heavy (non-hydrogen) atoms. The van der Waals surface area contributed by atoms with E-state index >= 15 is 0 Å². The van der Waals surface area contributed by atoms with Gasteiger partial charge < -0.3 is 10.6 Å². The number of hydrogen-bond acceptors (Lipinski definition) is 4. The number of hydrogen-bond donors (Lipinski definition) is 2. The van der Waals surface area contributed by atoms with E-state index in [2.05, 4.69) is 10.6 Å². The normalized spacial score (nSPS) is 17.9. The molecule has 0 spiro atoms. The fourth-order valence-electron chi connectivity index (χ4n) is 2.64. The van der Waals surface area contributed by atoms with Gasteiger partial charge in [-0.25, -0.2) is 12.7 Å². The third-order valence-electron chi connectivity index (χ3n) is 4.23. The summed E-state index contributed by atoms with van der Waals surface area (Å²) in [4.78, 5) is 12.5. The highest BCUT2D eigenvalue weighted by molar-refractivity contribution is 7.89. The predicted molar refractivity (Wildman–Crippen MR) is 89.5 cm³/mol. The average Bonchev–Trinajstić information content (AvgIpc) is 2.55. The average molecular weight is 339 g/mol. The van der Waals surface area contributed by atoms with Crippen molar-refractivity contribution in [1.82, 2.24) is 14.9 Å². The highest BCUT2D eigenvalue weighted by Gasteiger charge is 2.23. The predicted octanol–water partition coefficient (Wildman–Crippen LogP) is 1.11. The number of amides is 1. The molecule has 6 nitrogen and oxygen atoms in total. The number of piperidine rings is 1. The summed E-state index contributed by atoms with van der Waals surface area (Å²) >= 11 is 0. The summed E-state index contributed by atoms with van der Waals surface area (Å²) < 4.78 is 25.3. The number of benzene rings is 1. The van der Waals surface area contributed by atoms with E-state index in [9.17, 15) is 13.2 Å². The van der Waals surface area contributed by atoms with Crippen LogP contribution < -0.4 is 10.6 Å². The molecule has 0 aliphatic carbocycles. The summed E-state index contributed by atoms with van der Waals surface area (Å²) in [5.74, 6) is 0.135. The second-order valence-electron chi connectivity index (χ2n) is 6.11. The molecule has 1 aromatic carbocycles. The fourth-order valence-corrected chi connectivity index (χ4v) is 3.54. The molecule has 1 unspecified atom stereocenters. The molecule has 1 aliphatic rings. The standard InChI is InChI=1S/C16H25N3O3S/c1-12(18-16(20)14-8-10-17-11-9-14)13-4-6-15(7-5-13)23(21,22)19(2)3/h4-7,12,14,17H,8-11H2,1-3H3,(H,18,20). The second kappa shape index (κ2) is 7.42. The van der Waals surface area contributed by atoms with Crippen LogP contribution in [0.4, 0.5) is 0 Å². The number of nitrogens with zero attached hydrogens (tertiary/aromatic N) is 1. The molecule has 0 saturated carbocycles. The van der Waals surface area contributed by atoms with Crippen molar-refractivity contribution in [3.05, 3.63) is 29.8 Å². The Kier molecular flexibility index (Phi) is 5.78. The van der Waals surface area contributed by atoms with Crippen LogP contribution in [-0.2, 0) is 14.8 Å². The molecule has 128 valence electrons. The van der Waals surface area contributed by atoms with Crippen molar-refractivity contribution in [2.24, 2.45) is 5.92 Å². The molecule has 2 N–H and O–H groups in total. The van der Waals surface area contributed by atoms with Crippen molar-refractivity contribution in [3.8, 4) is 0 Å². The van der Waals surface area contributed by atoms with Gasteiger partial charge in [0.05, 0.1) is 10.9 Å². The molecule has 0 aromatic heterocycles. The number of carbonyl (C=O) groups excluding carboxylic acids is 1. The smallest absolute Gasteiger partial charge is 0.242 e. The van der Waals surface area contributed by atoms with Crippen LogP contribution in [0.3, 0.4) is 0 Å². The van der Waals surface area contributed by atoms with Gasteiger partial charge in [-0.3, -0.25) is 4.79 Å². The first kappa shape index (κ1) is 17.9. The Morgan fingerprint density at radius 3 is 2.30 bits per heavy atom. The Morgan fingerprint density at radius 2 is 1.78 bits per heavy atom. The Bertz CT molecular complexity index is 635. The van der Waals surface area contributed by atoms with Crippen LogP contribution in [0.15, 0.2) is 29.2 Å². The van der Waals surface area contributed by atoms with Gasteiger partial charge in [-0.1, -0.05) is 12.1 Å². The Labute approximate surface area is 138 Å². The minimum atomic E-state index is -3.42. The molecule has 1 amide bonds. The molecule has 1 atom stereocenters. The van der Waals surface area contributed by atoms with Crippen molar-refractivity contribution in [2.75, 3.05) is 27.2 Å². The van der Waals surface area contributed by atoms with E-state index in [0.717, 1.165) is 31.5 Å². The van der Waals surface area contributed by atoms with Gasteiger partial charge in [0.25, 0.3) is 0 Å². The van der Waals surface area contributed by atoms with E-state index in [-0.39, 0.29) is 22.8 Å². The second-order valence-corrected chi connectivity index (χ2v) is 8.26. The zero-order chi connectivity index (χ0) is 17.0. The SMILES string of the molecule is CC(NC(=O)C1CCNCC1)c1ccc(S(=O)(=O)N(C)C)cc1. The lowest BCUT2D eigenvalue weighted by molar-refractivity contribution is -0.126. The summed E-state index contributed by atoms with van der Waals surface area (Å²) in [7, 11) is -0.410. The van der Waals surface area contributed by atoms with Gasteiger partial charge in [0.1, 0.15) is 0 Å². The number of carbonyl (C=O) groups is 1. The van der Waals surface area contributed by atoms with Gasteiger partial charge >= 0.3 is 0 Å². The van der Waals surface area contributed by atoms with Crippen molar-refractivity contribution in [2.45, 2.75) is 30.7 Å². The van der Waals surface area contributed by atoms with Gasteiger partial charge in [-0.2, -0.15) is 0 Å². The monoisotopic (exact) mass is 339 g/mol. The summed E-state index contributed by atoms with van der Waals surface area (Å²) in [5, 5.41) is 6.26. The number of sulfonamides is 1. The fraction of sp³-hybridized carbons (Fsp3) is 0.562. The van der Waals surface area contributed by atoms with Crippen LogP contribution in [0.25, 0.3) is 0 Å². The number of rotatable bonds is 5. The molecule has 2 rings (SSSR count). The van der Waals surface area contributed by atoms with Gasteiger partial charge in [0, 0.05) is 20.0 Å². The lowest BCUT2D eigenvalue weighted by atomic mass is 9.96. The summed E-state index contributed by atoms with van der Waals surface area (Å²) in [6, 6.07) is 6.52.